The highest BCUT2D eigenvalue weighted by Gasteiger charge is 2.27. The van der Waals surface area contributed by atoms with E-state index in [0.717, 1.165) is 5.56 Å². The van der Waals surface area contributed by atoms with Gasteiger partial charge in [-0.2, -0.15) is 0 Å². The van der Waals surface area contributed by atoms with Gasteiger partial charge in [0.25, 0.3) is 11.8 Å². The summed E-state index contributed by atoms with van der Waals surface area (Å²) in [6.45, 7) is 2.40. The number of nitrogens with one attached hydrogen (secondary N) is 1. The van der Waals surface area contributed by atoms with Gasteiger partial charge in [0, 0.05) is 44.5 Å². The summed E-state index contributed by atoms with van der Waals surface area (Å²) in [6, 6.07) is 18.2. The molecule has 0 bridgehead atoms. The molecule has 0 spiro atoms. The molecular weight excluding hydrogens is 448 g/mol. The van der Waals surface area contributed by atoms with Gasteiger partial charge in [0.05, 0.1) is 0 Å². The van der Waals surface area contributed by atoms with E-state index in [4.69, 9.17) is 9.47 Å². The Morgan fingerprint density at radius 2 is 1.51 bits per heavy atom. The molecule has 180 valence electrons. The van der Waals surface area contributed by atoms with Crippen molar-refractivity contribution in [1.82, 2.24) is 19.7 Å². The molecule has 3 amide bonds. The van der Waals surface area contributed by atoms with E-state index in [-0.39, 0.29) is 31.1 Å². The summed E-state index contributed by atoms with van der Waals surface area (Å²) >= 11 is 0. The lowest BCUT2D eigenvalue weighted by Crippen LogP contribution is -2.51. The van der Waals surface area contributed by atoms with Crippen molar-refractivity contribution in [3.8, 4) is 11.5 Å². The van der Waals surface area contributed by atoms with Gasteiger partial charge in [0.15, 0.2) is 11.5 Å². The molecule has 9 nitrogen and oxygen atoms in total. The Labute approximate surface area is 202 Å². The molecule has 2 aliphatic heterocycles. The number of carbonyl (C=O) groups excluding carboxylic acids is 3. The van der Waals surface area contributed by atoms with Crippen molar-refractivity contribution in [1.29, 1.82) is 0 Å². The SMILES string of the molecule is O=C(Cn1cccc1C(=O)N1CCN(C(=O)c2ccccc2)CC1)NCc1ccc2c(c1)OCO2. The van der Waals surface area contributed by atoms with Crippen LogP contribution in [0.4, 0.5) is 0 Å². The minimum atomic E-state index is -0.203. The molecule has 1 N–H and O–H groups in total. The van der Waals surface area contributed by atoms with Gasteiger partial charge >= 0.3 is 0 Å². The first-order valence-corrected chi connectivity index (χ1v) is 11.5. The van der Waals surface area contributed by atoms with Crippen LogP contribution in [0.2, 0.25) is 0 Å². The summed E-state index contributed by atoms with van der Waals surface area (Å²) in [5.74, 6) is 0.984. The van der Waals surface area contributed by atoms with Gasteiger partial charge in [0.2, 0.25) is 12.7 Å². The van der Waals surface area contributed by atoms with Gasteiger partial charge in [0.1, 0.15) is 12.2 Å². The van der Waals surface area contributed by atoms with E-state index in [1.807, 2.05) is 36.4 Å². The number of piperazine rings is 1. The van der Waals surface area contributed by atoms with E-state index in [0.29, 0.717) is 55.5 Å². The summed E-state index contributed by atoms with van der Waals surface area (Å²) < 4.78 is 12.3. The molecule has 2 aromatic carbocycles. The highest BCUT2D eigenvalue weighted by molar-refractivity contribution is 5.95. The van der Waals surface area contributed by atoms with Crippen LogP contribution in [0.25, 0.3) is 0 Å². The number of amides is 3. The monoisotopic (exact) mass is 474 g/mol. The number of hydrogen-bond acceptors (Lipinski definition) is 5. The second-order valence-corrected chi connectivity index (χ2v) is 8.44. The van der Waals surface area contributed by atoms with Crippen molar-refractivity contribution >= 4 is 17.7 Å². The van der Waals surface area contributed by atoms with Crippen molar-refractivity contribution in [3.63, 3.8) is 0 Å². The number of fused-ring (bicyclic) bond motifs is 1. The number of aromatic nitrogens is 1. The minimum absolute atomic E-state index is 0.0276. The van der Waals surface area contributed by atoms with Crippen LogP contribution in [0, 0.1) is 0 Å². The quantitative estimate of drug-likeness (QED) is 0.591. The molecule has 0 unspecified atom stereocenters. The fraction of sp³-hybridized carbons (Fsp3) is 0.269. The van der Waals surface area contributed by atoms with Gasteiger partial charge < -0.3 is 29.2 Å². The molecule has 3 heterocycles. The maximum Gasteiger partial charge on any atom is 0.270 e. The van der Waals surface area contributed by atoms with Crippen LogP contribution in [0.5, 0.6) is 11.5 Å². The number of carbonyl (C=O) groups is 3. The van der Waals surface area contributed by atoms with Gasteiger partial charge in [-0.1, -0.05) is 24.3 Å². The topological polar surface area (TPSA) is 93.1 Å². The Morgan fingerprint density at radius 1 is 0.800 bits per heavy atom. The second-order valence-electron chi connectivity index (χ2n) is 8.44. The lowest BCUT2D eigenvalue weighted by Gasteiger charge is -2.35. The fourth-order valence-electron chi connectivity index (χ4n) is 4.25. The van der Waals surface area contributed by atoms with Gasteiger partial charge in [-0.3, -0.25) is 14.4 Å². The maximum atomic E-state index is 13.1. The molecule has 0 saturated carbocycles. The first kappa shape index (κ1) is 22.5. The minimum Gasteiger partial charge on any atom is -0.454 e. The summed E-state index contributed by atoms with van der Waals surface area (Å²) in [4.78, 5) is 41.9. The van der Waals surface area contributed by atoms with Gasteiger partial charge in [-0.15, -0.1) is 0 Å². The molecule has 3 aromatic rings. The van der Waals surface area contributed by atoms with Crippen molar-refractivity contribution in [2.75, 3.05) is 33.0 Å². The Hall–Kier alpha value is -4.27. The molecule has 1 fully saturated rings. The van der Waals surface area contributed by atoms with Crippen LogP contribution in [0.1, 0.15) is 26.4 Å². The maximum absolute atomic E-state index is 13.1. The number of hydrogen-bond donors (Lipinski definition) is 1. The first-order chi connectivity index (χ1) is 17.1. The molecule has 5 rings (SSSR count). The summed E-state index contributed by atoms with van der Waals surface area (Å²) in [5.41, 5.74) is 1.99. The van der Waals surface area contributed by atoms with E-state index >= 15 is 0 Å². The van der Waals surface area contributed by atoms with Crippen molar-refractivity contribution in [3.05, 3.63) is 83.7 Å². The summed E-state index contributed by atoms with van der Waals surface area (Å²) in [6.07, 6.45) is 1.72. The van der Waals surface area contributed by atoms with E-state index < -0.39 is 0 Å². The number of benzene rings is 2. The van der Waals surface area contributed by atoms with E-state index in [2.05, 4.69) is 5.32 Å². The van der Waals surface area contributed by atoms with Crippen LogP contribution in [-0.4, -0.2) is 65.1 Å². The Balaban J connectivity index is 1.14. The number of rotatable bonds is 6. The van der Waals surface area contributed by atoms with Crippen LogP contribution in [0.15, 0.2) is 66.9 Å². The molecule has 1 aromatic heterocycles. The zero-order valence-corrected chi connectivity index (χ0v) is 19.2. The molecule has 9 heteroatoms. The number of ether oxygens (including phenoxy) is 2. The third kappa shape index (κ3) is 4.98. The van der Waals surface area contributed by atoms with Crippen LogP contribution in [-0.2, 0) is 17.9 Å². The van der Waals surface area contributed by atoms with Gasteiger partial charge in [-0.05, 0) is 42.0 Å². The van der Waals surface area contributed by atoms with E-state index in [1.165, 1.54) is 0 Å². The van der Waals surface area contributed by atoms with Crippen molar-refractivity contribution < 1.29 is 23.9 Å². The zero-order chi connectivity index (χ0) is 24.2. The largest absolute Gasteiger partial charge is 0.454 e. The van der Waals surface area contributed by atoms with Crippen LogP contribution < -0.4 is 14.8 Å². The average Bonchev–Trinajstić information content (AvgIpc) is 3.56. The molecule has 2 aliphatic rings. The van der Waals surface area contributed by atoms with E-state index in [9.17, 15) is 14.4 Å². The molecule has 35 heavy (non-hydrogen) atoms. The fourth-order valence-corrected chi connectivity index (χ4v) is 4.25. The van der Waals surface area contributed by atoms with Crippen LogP contribution >= 0.6 is 0 Å². The third-order valence-electron chi connectivity index (χ3n) is 6.16. The van der Waals surface area contributed by atoms with E-state index in [1.54, 1.807) is 44.8 Å². The van der Waals surface area contributed by atoms with Crippen LogP contribution in [0.3, 0.4) is 0 Å². The highest BCUT2D eigenvalue weighted by Crippen LogP contribution is 2.32. The summed E-state index contributed by atoms with van der Waals surface area (Å²) in [5, 5.41) is 2.88. The van der Waals surface area contributed by atoms with Crippen molar-refractivity contribution in [2.45, 2.75) is 13.1 Å². The normalized spacial score (nSPS) is 14.6. The Bertz CT molecular complexity index is 1230. The Morgan fingerprint density at radius 3 is 2.29 bits per heavy atom. The molecular formula is C26H26N4O5. The molecule has 0 aliphatic carbocycles. The lowest BCUT2D eigenvalue weighted by molar-refractivity contribution is -0.121. The average molecular weight is 475 g/mol. The predicted octanol–water partition coefficient (Wildman–Crippen LogP) is 2.13. The standard InChI is InChI=1S/C26H26N4O5/c31-24(27-16-19-8-9-22-23(15-19)35-18-34-22)17-30-10-4-7-21(30)26(33)29-13-11-28(12-14-29)25(32)20-5-2-1-3-6-20/h1-10,15H,11-14,16-18H2,(H,27,31). The molecule has 0 atom stereocenters. The van der Waals surface area contributed by atoms with Crippen molar-refractivity contribution in [2.24, 2.45) is 0 Å². The molecule has 0 radical (unpaired) electrons. The number of nitrogens with zero attached hydrogens (tertiary/aromatic N) is 3. The van der Waals surface area contributed by atoms with Gasteiger partial charge in [-0.25, -0.2) is 0 Å². The molecule has 1 saturated heterocycles. The Kier molecular flexibility index (Phi) is 6.38. The zero-order valence-electron chi connectivity index (χ0n) is 19.2. The summed E-state index contributed by atoms with van der Waals surface area (Å²) in [7, 11) is 0. The smallest absolute Gasteiger partial charge is 0.270 e. The predicted molar refractivity (Wildman–Crippen MR) is 127 cm³/mol. The highest BCUT2D eigenvalue weighted by atomic mass is 16.7. The third-order valence-corrected chi connectivity index (χ3v) is 6.16. The first-order valence-electron chi connectivity index (χ1n) is 11.5. The lowest BCUT2D eigenvalue weighted by atomic mass is 10.2. The second kappa shape index (κ2) is 9.92.